The molecule has 1 aliphatic carbocycles. The minimum Gasteiger partial charge on any atom is -0.459 e. The number of ether oxygens (including phenoxy) is 3. The molecule has 0 radical (unpaired) electrons. The summed E-state index contributed by atoms with van der Waals surface area (Å²) >= 11 is 0. The van der Waals surface area contributed by atoms with E-state index in [4.69, 9.17) is 14.2 Å². The van der Waals surface area contributed by atoms with Crippen molar-refractivity contribution >= 4 is 17.7 Å². The van der Waals surface area contributed by atoms with Gasteiger partial charge in [-0.3, -0.25) is 19.4 Å². The first-order valence-electron chi connectivity index (χ1n) is 20.3. The fraction of sp³-hybridized carbons (Fsp3) is 0.780. The Kier molecular flexibility index (Phi) is 15.9. The molecular formula is C41H64F3N5O9. The Morgan fingerprint density at radius 3 is 2.26 bits per heavy atom. The van der Waals surface area contributed by atoms with Crippen LogP contribution in [0.25, 0.3) is 0 Å². The highest BCUT2D eigenvalue weighted by atomic mass is 19.4. The van der Waals surface area contributed by atoms with E-state index < -0.39 is 107 Å². The van der Waals surface area contributed by atoms with Crippen LogP contribution in [0.1, 0.15) is 91.3 Å². The van der Waals surface area contributed by atoms with E-state index in [1.807, 2.05) is 25.9 Å². The molecule has 328 valence electrons. The van der Waals surface area contributed by atoms with Crippen molar-refractivity contribution in [1.82, 2.24) is 15.2 Å². The third-order valence-corrected chi connectivity index (χ3v) is 12.6. The highest BCUT2D eigenvalue weighted by molar-refractivity contribution is 6.00. The smallest absolute Gasteiger partial charge is 0.416 e. The standard InChI is InChI=1S/C41H64F3N5O9/c1-11-32-40(7,55)38(53)23(4)34(45-33(50)20-49-19-28(46-47-49)26-12-14-27(15-13-26)41(42,43)44)22(3)18-31(56-10)37(24(5)35(51)25(6)39(54)58-32)57-30-17-21(2)16-29(36(30)52)48(8)9/h12-15,21-25,28-32,34,36-38,52-53,55H,11,16-20H2,1-10H3,(H,45,50)/t21-,22-,23+,24+,25-,28?,29+,30-,31+,32-,34+,36-,37-,38-,40-/m1/s1. The second-order valence-electron chi connectivity index (χ2n) is 17.3. The summed E-state index contributed by atoms with van der Waals surface area (Å²) in [4.78, 5) is 43.4. The molecule has 14 nitrogen and oxygen atoms in total. The van der Waals surface area contributed by atoms with Crippen LogP contribution in [-0.2, 0) is 34.8 Å². The van der Waals surface area contributed by atoms with Gasteiger partial charge in [-0.2, -0.15) is 18.3 Å². The van der Waals surface area contributed by atoms with Gasteiger partial charge < -0.3 is 39.7 Å². The molecule has 1 unspecified atom stereocenters. The first kappa shape index (κ1) is 47.5. The summed E-state index contributed by atoms with van der Waals surface area (Å²) in [6.07, 6.45) is -8.97. The largest absolute Gasteiger partial charge is 0.459 e. The second kappa shape index (κ2) is 19.4. The van der Waals surface area contributed by atoms with Gasteiger partial charge >= 0.3 is 12.1 Å². The molecule has 2 aliphatic heterocycles. The van der Waals surface area contributed by atoms with Gasteiger partial charge in [-0.25, -0.2) is 0 Å². The van der Waals surface area contributed by atoms with Crippen LogP contribution in [0, 0.1) is 29.6 Å². The number of alkyl halides is 3. The van der Waals surface area contributed by atoms with Crippen LogP contribution in [0.3, 0.4) is 0 Å². The van der Waals surface area contributed by atoms with Crippen LogP contribution >= 0.6 is 0 Å². The van der Waals surface area contributed by atoms with Crippen molar-refractivity contribution in [2.45, 2.75) is 141 Å². The van der Waals surface area contributed by atoms with Crippen LogP contribution < -0.4 is 5.32 Å². The maximum absolute atomic E-state index is 14.1. The molecule has 4 rings (SSSR count). The Morgan fingerprint density at radius 1 is 1.05 bits per heavy atom. The number of methoxy groups -OCH3 is 1. The quantitative estimate of drug-likeness (QED) is 0.205. The number of aliphatic hydroxyl groups is 3. The molecule has 17 heteroatoms. The summed E-state index contributed by atoms with van der Waals surface area (Å²) in [6.45, 7) is 11.6. The summed E-state index contributed by atoms with van der Waals surface area (Å²) in [5.41, 5.74) is -2.30. The fourth-order valence-corrected chi connectivity index (χ4v) is 8.90. The van der Waals surface area contributed by atoms with Crippen molar-refractivity contribution in [3.05, 3.63) is 35.4 Å². The highest BCUT2D eigenvalue weighted by Gasteiger charge is 2.49. The minimum absolute atomic E-state index is 0.105. The number of hydrogen-bond donors (Lipinski definition) is 4. The Labute approximate surface area is 339 Å². The zero-order valence-electron chi connectivity index (χ0n) is 35.3. The number of cyclic esters (lactones) is 1. The van der Waals surface area contributed by atoms with E-state index >= 15 is 0 Å². The molecular weight excluding hydrogens is 763 g/mol. The first-order chi connectivity index (χ1) is 27.0. The van der Waals surface area contributed by atoms with Gasteiger partial charge in [0.25, 0.3) is 0 Å². The van der Waals surface area contributed by atoms with E-state index in [1.54, 1.807) is 20.8 Å². The molecule has 3 aliphatic rings. The maximum atomic E-state index is 14.1. The molecule has 0 bridgehead atoms. The van der Waals surface area contributed by atoms with E-state index in [2.05, 4.69) is 22.6 Å². The van der Waals surface area contributed by atoms with E-state index in [1.165, 1.54) is 38.1 Å². The summed E-state index contributed by atoms with van der Waals surface area (Å²) in [7, 11) is 5.25. The Balaban J connectivity index is 1.64. The Morgan fingerprint density at radius 2 is 1.69 bits per heavy atom. The van der Waals surface area contributed by atoms with Crippen molar-refractivity contribution in [3.63, 3.8) is 0 Å². The fourth-order valence-electron chi connectivity index (χ4n) is 8.90. The topological polar surface area (TPSA) is 183 Å². The molecule has 1 saturated heterocycles. The second-order valence-corrected chi connectivity index (χ2v) is 17.3. The van der Waals surface area contributed by atoms with E-state index in [9.17, 15) is 42.9 Å². The molecule has 4 N–H and O–H groups in total. The maximum Gasteiger partial charge on any atom is 0.416 e. The normalized spacial score (nSPS) is 38.4. The van der Waals surface area contributed by atoms with Crippen molar-refractivity contribution in [3.8, 4) is 0 Å². The monoisotopic (exact) mass is 827 g/mol. The molecule has 1 aromatic carbocycles. The lowest BCUT2D eigenvalue weighted by Gasteiger charge is -2.45. The van der Waals surface area contributed by atoms with Gasteiger partial charge in [0.15, 0.2) is 5.78 Å². The average Bonchev–Trinajstić information content (AvgIpc) is 3.64. The summed E-state index contributed by atoms with van der Waals surface area (Å²) in [5, 5.41) is 47.8. The summed E-state index contributed by atoms with van der Waals surface area (Å²) < 4.78 is 57.9. The number of ketones is 1. The van der Waals surface area contributed by atoms with Gasteiger partial charge in [-0.1, -0.05) is 52.0 Å². The molecule has 58 heavy (non-hydrogen) atoms. The predicted molar refractivity (Wildman–Crippen MR) is 207 cm³/mol. The average molecular weight is 828 g/mol. The number of amides is 1. The van der Waals surface area contributed by atoms with E-state index in [0.29, 0.717) is 12.0 Å². The molecule has 2 heterocycles. The number of aliphatic hydroxyl groups excluding tert-OH is 2. The van der Waals surface area contributed by atoms with E-state index in [0.717, 1.165) is 18.6 Å². The van der Waals surface area contributed by atoms with Gasteiger partial charge in [-0.05, 0) is 83.2 Å². The highest BCUT2D eigenvalue weighted by Crippen LogP contribution is 2.37. The molecule has 1 saturated carbocycles. The number of carbonyl (C=O) groups is 3. The molecule has 0 aromatic heterocycles. The molecule has 15 atom stereocenters. The number of rotatable bonds is 9. The third kappa shape index (κ3) is 10.9. The zero-order valence-corrected chi connectivity index (χ0v) is 35.3. The van der Waals surface area contributed by atoms with Crippen LogP contribution in [-0.4, -0.2) is 131 Å². The number of halogens is 3. The summed E-state index contributed by atoms with van der Waals surface area (Å²) in [6, 6.07) is 2.97. The van der Waals surface area contributed by atoms with Crippen LogP contribution in [0.2, 0.25) is 0 Å². The lowest BCUT2D eigenvalue weighted by atomic mass is 9.75. The number of likely N-dealkylation sites (N-methyl/N-ethyl adjacent to an activating group) is 1. The van der Waals surface area contributed by atoms with Gasteiger partial charge in [0, 0.05) is 31.0 Å². The van der Waals surface area contributed by atoms with Crippen molar-refractivity contribution in [2.24, 2.45) is 39.9 Å². The Bertz CT molecular complexity index is 1580. The lowest BCUT2D eigenvalue weighted by Crippen LogP contribution is -2.60. The van der Waals surface area contributed by atoms with Crippen molar-refractivity contribution in [2.75, 3.05) is 34.3 Å². The minimum atomic E-state index is -4.49. The number of esters is 1. The van der Waals surface area contributed by atoms with Crippen LogP contribution in [0.4, 0.5) is 13.2 Å². The number of nitrogens with zero attached hydrogens (tertiary/aromatic N) is 4. The number of Topliss-reactive ketones (excluding diaryl/α,β-unsaturated/α-hetero) is 1. The third-order valence-electron chi connectivity index (χ3n) is 12.6. The lowest BCUT2D eigenvalue weighted by molar-refractivity contribution is -0.195. The number of carbonyl (C=O) groups excluding carboxylic acids is 3. The molecule has 0 spiro atoms. The first-order valence-corrected chi connectivity index (χ1v) is 20.3. The Hall–Kier alpha value is -3.22. The van der Waals surface area contributed by atoms with Crippen molar-refractivity contribution < 1.29 is 57.1 Å². The van der Waals surface area contributed by atoms with Crippen LogP contribution in [0.15, 0.2) is 34.6 Å². The molecule has 1 amide bonds. The number of hydrogen-bond acceptors (Lipinski definition) is 13. The molecule has 2 fully saturated rings. The van der Waals surface area contributed by atoms with Gasteiger partial charge in [0.1, 0.15) is 30.2 Å². The SMILES string of the molecule is CC[C@H]1OC(=O)[C@H](C)C(=O)[C@H](C)[C@@H](O[C@@H]2C[C@H](C)C[C@H](N(C)C)[C@H]2O)[C@@H](OC)C[C@@H](C)[C@H](NC(=O)CN2CC(c3ccc(C(F)(F)F)cc3)N=N2)[C@H](C)[C@@H](O)[C@]1(C)O. The number of nitrogens with one attached hydrogen (secondary N) is 1. The van der Waals surface area contributed by atoms with Gasteiger partial charge in [0.2, 0.25) is 5.91 Å². The number of benzene rings is 1. The van der Waals surface area contributed by atoms with Gasteiger partial charge in [0.05, 0.1) is 42.6 Å². The predicted octanol–water partition coefficient (Wildman–Crippen LogP) is 4.35. The zero-order chi connectivity index (χ0) is 43.4. The molecule has 1 aromatic rings. The summed E-state index contributed by atoms with van der Waals surface area (Å²) in [5.74, 6) is -5.17. The van der Waals surface area contributed by atoms with Crippen LogP contribution in [0.5, 0.6) is 0 Å². The van der Waals surface area contributed by atoms with E-state index in [-0.39, 0.29) is 37.9 Å². The van der Waals surface area contributed by atoms with Gasteiger partial charge in [-0.15, -0.1) is 0 Å². The van der Waals surface area contributed by atoms with Crippen molar-refractivity contribution in [1.29, 1.82) is 0 Å².